The number of hydrogen-bond acceptors (Lipinski definition) is 4. The van der Waals surface area contributed by atoms with E-state index in [2.05, 4.69) is 22.4 Å². The summed E-state index contributed by atoms with van der Waals surface area (Å²) in [6.07, 6.45) is 5.60. The third kappa shape index (κ3) is 4.95. The number of piperidine rings is 1. The standard InChI is InChI=1S/C20H25N3O3/c1-25-13-14-26-19-4-2-3-18(15-19)22-20(24)23-11-7-17(8-12-23)16-5-9-21-10-6-16/h2-6,9-10,15,17H,7-8,11-14H2,1H3,(H,22,24). The molecule has 3 rings (SSSR count). The number of carbonyl (C=O) groups is 1. The minimum Gasteiger partial charge on any atom is -0.491 e. The largest absolute Gasteiger partial charge is 0.491 e. The Balaban J connectivity index is 1.50. The molecule has 0 unspecified atom stereocenters. The van der Waals surface area contributed by atoms with Crippen LogP contribution < -0.4 is 10.1 Å². The maximum absolute atomic E-state index is 12.5. The second kappa shape index (κ2) is 9.20. The zero-order valence-corrected chi connectivity index (χ0v) is 15.1. The van der Waals surface area contributed by atoms with Crippen molar-refractivity contribution < 1.29 is 14.3 Å². The van der Waals surface area contributed by atoms with Crippen molar-refractivity contribution in [1.82, 2.24) is 9.88 Å². The fourth-order valence-electron chi connectivity index (χ4n) is 3.16. The van der Waals surface area contributed by atoms with Gasteiger partial charge in [-0.3, -0.25) is 4.98 Å². The Morgan fingerprint density at radius 3 is 2.69 bits per heavy atom. The van der Waals surface area contributed by atoms with Crippen LogP contribution in [-0.2, 0) is 4.74 Å². The minimum absolute atomic E-state index is 0.0628. The summed E-state index contributed by atoms with van der Waals surface area (Å²) >= 11 is 0. The highest BCUT2D eigenvalue weighted by molar-refractivity contribution is 5.89. The van der Waals surface area contributed by atoms with Crippen molar-refractivity contribution in [1.29, 1.82) is 0 Å². The molecule has 1 aliphatic rings. The van der Waals surface area contributed by atoms with Crippen molar-refractivity contribution in [3.63, 3.8) is 0 Å². The summed E-state index contributed by atoms with van der Waals surface area (Å²) in [6, 6.07) is 11.5. The third-order valence-corrected chi connectivity index (χ3v) is 4.60. The number of pyridine rings is 1. The molecule has 0 spiro atoms. The number of anilines is 1. The average Bonchev–Trinajstić information content (AvgIpc) is 2.69. The van der Waals surface area contributed by atoms with Gasteiger partial charge in [0.15, 0.2) is 0 Å². The Morgan fingerprint density at radius 1 is 1.19 bits per heavy atom. The number of rotatable bonds is 6. The summed E-state index contributed by atoms with van der Waals surface area (Å²) in [4.78, 5) is 18.5. The van der Waals surface area contributed by atoms with Gasteiger partial charge in [0.25, 0.3) is 0 Å². The molecular formula is C20H25N3O3. The quantitative estimate of drug-likeness (QED) is 0.806. The summed E-state index contributed by atoms with van der Waals surface area (Å²) in [6.45, 7) is 2.52. The highest BCUT2D eigenvalue weighted by Crippen LogP contribution is 2.28. The molecule has 138 valence electrons. The van der Waals surface area contributed by atoms with Crippen LogP contribution in [0.4, 0.5) is 10.5 Å². The first kappa shape index (κ1) is 18.2. The number of aromatic nitrogens is 1. The van der Waals surface area contributed by atoms with Crippen LogP contribution in [0.5, 0.6) is 5.75 Å². The normalized spacial score (nSPS) is 14.9. The van der Waals surface area contributed by atoms with Gasteiger partial charge >= 0.3 is 6.03 Å². The van der Waals surface area contributed by atoms with Gasteiger partial charge in [0.1, 0.15) is 12.4 Å². The van der Waals surface area contributed by atoms with E-state index >= 15 is 0 Å². The first-order chi connectivity index (χ1) is 12.8. The molecule has 0 bridgehead atoms. The van der Waals surface area contributed by atoms with E-state index < -0.39 is 0 Å². The second-order valence-corrected chi connectivity index (χ2v) is 6.34. The number of benzene rings is 1. The Kier molecular flexibility index (Phi) is 6.44. The lowest BCUT2D eigenvalue weighted by atomic mass is 9.90. The fraction of sp³-hybridized carbons (Fsp3) is 0.400. The lowest BCUT2D eigenvalue weighted by molar-refractivity contribution is 0.146. The molecule has 6 heteroatoms. The summed E-state index contributed by atoms with van der Waals surface area (Å²) in [7, 11) is 1.64. The molecule has 2 aromatic rings. The maximum atomic E-state index is 12.5. The van der Waals surface area contributed by atoms with Gasteiger partial charge in [-0.2, -0.15) is 0 Å². The van der Waals surface area contributed by atoms with E-state index in [1.165, 1.54) is 5.56 Å². The van der Waals surface area contributed by atoms with Gasteiger partial charge in [-0.25, -0.2) is 4.79 Å². The van der Waals surface area contributed by atoms with Crippen molar-refractivity contribution >= 4 is 11.7 Å². The van der Waals surface area contributed by atoms with E-state index in [0.29, 0.717) is 19.1 Å². The van der Waals surface area contributed by atoms with E-state index in [0.717, 1.165) is 37.4 Å². The first-order valence-electron chi connectivity index (χ1n) is 8.94. The molecule has 1 saturated heterocycles. The molecular weight excluding hydrogens is 330 g/mol. The molecule has 1 aliphatic heterocycles. The SMILES string of the molecule is COCCOc1cccc(NC(=O)N2CCC(c3ccncc3)CC2)c1. The van der Waals surface area contributed by atoms with Crippen LogP contribution in [0.3, 0.4) is 0 Å². The van der Waals surface area contributed by atoms with Gasteiger partial charge in [-0.05, 0) is 48.6 Å². The van der Waals surface area contributed by atoms with Gasteiger partial charge in [0.05, 0.1) is 6.61 Å². The third-order valence-electron chi connectivity index (χ3n) is 4.60. The van der Waals surface area contributed by atoms with E-state index in [1.807, 2.05) is 41.6 Å². The van der Waals surface area contributed by atoms with E-state index in [1.54, 1.807) is 7.11 Å². The summed E-state index contributed by atoms with van der Waals surface area (Å²) in [5.41, 5.74) is 2.04. The maximum Gasteiger partial charge on any atom is 0.321 e. The zero-order chi connectivity index (χ0) is 18.2. The van der Waals surface area contributed by atoms with Crippen molar-refractivity contribution in [2.24, 2.45) is 0 Å². The van der Waals surface area contributed by atoms with Gasteiger partial charge in [0, 0.05) is 44.3 Å². The van der Waals surface area contributed by atoms with Gasteiger partial charge in [0.2, 0.25) is 0 Å². The van der Waals surface area contributed by atoms with Crippen LogP contribution in [0.15, 0.2) is 48.8 Å². The number of nitrogens with zero attached hydrogens (tertiary/aromatic N) is 2. The Morgan fingerprint density at radius 2 is 1.96 bits per heavy atom. The average molecular weight is 355 g/mol. The lowest BCUT2D eigenvalue weighted by Gasteiger charge is -2.32. The highest BCUT2D eigenvalue weighted by Gasteiger charge is 2.23. The number of amides is 2. The number of likely N-dealkylation sites (tertiary alicyclic amines) is 1. The molecule has 0 atom stereocenters. The summed E-state index contributed by atoms with van der Waals surface area (Å²) < 4.78 is 10.6. The van der Waals surface area contributed by atoms with Crippen LogP contribution in [0.1, 0.15) is 24.3 Å². The molecule has 2 amide bonds. The molecule has 0 aliphatic carbocycles. The Labute approximate surface area is 154 Å². The van der Waals surface area contributed by atoms with Crippen molar-refractivity contribution in [2.75, 3.05) is 38.7 Å². The van der Waals surface area contributed by atoms with Gasteiger partial charge in [-0.1, -0.05) is 6.07 Å². The number of nitrogens with one attached hydrogen (secondary N) is 1. The molecule has 0 saturated carbocycles. The number of carbonyl (C=O) groups excluding carboxylic acids is 1. The minimum atomic E-state index is -0.0628. The predicted octanol–water partition coefficient (Wildman–Crippen LogP) is 3.52. The summed E-state index contributed by atoms with van der Waals surface area (Å²) in [5, 5.41) is 2.96. The highest BCUT2D eigenvalue weighted by atomic mass is 16.5. The van der Waals surface area contributed by atoms with E-state index in [4.69, 9.17) is 9.47 Å². The van der Waals surface area contributed by atoms with E-state index in [-0.39, 0.29) is 6.03 Å². The summed E-state index contributed by atoms with van der Waals surface area (Å²) in [5.74, 6) is 1.22. The van der Waals surface area contributed by atoms with Crippen LogP contribution >= 0.6 is 0 Å². The second-order valence-electron chi connectivity index (χ2n) is 6.34. The first-order valence-corrected chi connectivity index (χ1v) is 8.94. The number of urea groups is 1. The van der Waals surface area contributed by atoms with Crippen LogP contribution in [0.25, 0.3) is 0 Å². The van der Waals surface area contributed by atoms with Crippen LogP contribution in [0, 0.1) is 0 Å². The zero-order valence-electron chi connectivity index (χ0n) is 15.1. The fourth-order valence-corrected chi connectivity index (χ4v) is 3.16. The van der Waals surface area contributed by atoms with Crippen LogP contribution in [-0.4, -0.2) is 49.3 Å². The molecule has 6 nitrogen and oxygen atoms in total. The topological polar surface area (TPSA) is 63.7 Å². The molecule has 1 fully saturated rings. The lowest BCUT2D eigenvalue weighted by Crippen LogP contribution is -2.40. The van der Waals surface area contributed by atoms with Crippen molar-refractivity contribution in [2.45, 2.75) is 18.8 Å². The van der Waals surface area contributed by atoms with Gasteiger partial charge < -0.3 is 19.7 Å². The molecule has 0 radical (unpaired) electrons. The smallest absolute Gasteiger partial charge is 0.321 e. The van der Waals surface area contributed by atoms with Crippen LogP contribution in [0.2, 0.25) is 0 Å². The number of ether oxygens (including phenoxy) is 2. The monoisotopic (exact) mass is 355 g/mol. The predicted molar refractivity (Wildman–Crippen MR) is 101 cm³/mol. The Hall–Kier alpha value is -2.60. The van der Waals surface area contributed by atoms with Crippen molar-refractivity contribution in [3.8, 4) is 5.75 Å². The number of methoxy groups -OCH3 is 1. The number of hydrogen-bond donors (Lipinski definition) is 1. The van der Waals surface area contributed by atoms with Gasteiger partial charge in [-0.15, -0.1) is 0 Å². The molecule has 1 N–H and O–H groups in total. The van der Waals surface area contributed by atoms with E-state index in [9.17, 15) is 4.79 Å². The molecule has 1 aromatic carbocycles. The van der Waals surface area contributed by atoms with Crippen molar-refractivity contribution in [3.05, 3.63) is 54.4 Å². The Bertz CT molecular complexity index is 700. The molecule has 26 heavy (non-hydrogen) atoms. The molecule has 2 heterocycles. The molecule has 1 aromatic heterocycles.